The molecule has 0 aliphatic carbocycles. The average molecular weight is 384 g/mol. The first-order valence-electron chi connectivity index (χ1n) is 7.69. The summed E-state index contributed by atoms with van der Waals surface area (Å²) in [6.07, 6.45) is 3.13. The Morgan fingerprint density at radius 2 is 1.77 bits per heavy atom. The van der Waals surface area contributed by atoms with Crippen molar-refractivity contribution in [3.63, 3.8) is 0 Å². The summed E-state index contributed by atoms with van der Waals surface area (Å²) in [5.41, 5.74) is 1.49. The molecule has 26 heavy (non-hydrogen) atoms. The van der Waals surface area contributed by atoms with Crippen LogP contribution in [0.3, 0.4) is 0 Å². The zero-order chi connectivity index (χ0) is 18.6. The summed E-state index contributed by atoms with van der Waals surface area (Å²) in [6, 6.07) is 19.7. The minimum atomic E-state index is -3.81. The molecule has 7 heteroatoms. The maximum Gasteiger partial charge on any atom is 0.248 e. The van der Waals surface area contributed by atoms with Gasteiger partial charge in [0.05, 0.1) is 4.90 Å². The lowest BCUT2D eigenvalue weighted by atomic mass is 10.2. The molecular weight excluding hydrogens is 368 g/mol. The van der Waals surface area contributed by atoms with Crippen LogP contribution in [0.4, 0.5) is 5.69 Å². The van der Waals surface area contributed by atoms with Crippen molar-refractivity contribution in [2.24, 2.45) is 5.14 Å². The van der Waals surface area contributed by atoms with Crippen LogP contribution in [0.5, 0.6) is 0 Å². The van der Waals surface area contributed by atoms with Crippen LogP contribution in [0.2, 0.25) is 0 Å². The highest BCUT2D eigenvalue weighted by atomic mass is 32.2. The molecule has 1 heterocycles. The molecule has 2 aromatic carbocycles. The van der Waals surface area contributed by atoms with E-state index in [0.717, 1.165) is 15.3 Å². The summed E-state index contributed by atoms with van der Waals surface area (Å²) < 4.78 is 22.7. The molecule has 0 atom stereocenters. The maximum atomic E-state index is 12.0. The normalized spacial score (nSPS) is 11.6. The molecule has 0 aliphatic rings. The van der Waals surface area contributed by atoms with Gasteiger partial charge in [-0.05, 0) is 42.0 Å². The Bertz CT molecular complexity index is 1060. The fourth-order valence-corrected chi connectivity index (χ4v) is 3.77. The zero-order valence-corrected chi connectivity index (χ0v) is 15.3. The Balaban J connectivity index is 1.68. The minimum absolute atomic E-state index is 0.0509. The van der Waals surface area contributed by atoms with E-state index >= 15 is 0 Å². The number of carbonyl (C=O) groups is 1. The maximum absolute atomic E-state index is 12.0. The summed E-state index contributed by atoms with van der Waals surface area (Å²) in [5.74, 6) is -0.355. The van der Waals surface area contributed by atoms with E-state index in [9.17, 15) is 13.2 Å². The van der Waals surface area contributed by atoms with Gasteiger partial charge in [-0.15, -0.1) is 11.3 Å². The van der Waals surface area contributed by atoms with Crippen LogP contribution in [-0.2, 0) is 14.8 Å². The van der Waals surface area contributed by atoms with Crippen molar-refractivity contribution in [3.8, 4) is 10.4 Å². The van der Waals surface area contributed by atoms with Crippen LogP contribution in [-0.4, -0.2) is 14.3 Å². The molecule has 0 bridgehead atoms. The Kier molecular flexibility index (Phi) is 5.32. The van der Waals surface area contributed by atoms with Crippen LogP contribution < -0.4 is 10.5 Å². The third kappa shape index (κ3) is 4.66. The van der Waals surface area contributed by atoms with Crippen molar-refractivity contribution in [2.45, 2.75) is 4.90 Å². The second kappa shape index (κ2) is 7.65. The third-order valence-corrected chi connectivity index (χ3v) is 5.52. The first-order valence-corrected chi connectivity index (χ1v) is 10.1. The van der Waals surface area contributed by atoms with Gasteiger partial charge in [0, 0.05) is 21.5 Å². The second-order valence-electron chi connectivity index (χ2n) is 5.46. The summed E-state index contributed by atoms with van der Waals surface area (Å²) >= 11 is 1.58. The average Bonchev–Trinajstić information content (AvgIpc) is 3.09. The summed E-state index contributed by atoms with van der Waals surface area (Å²) in [4.78, 5) is 14.1. The van der Waals surface area contributed by atoms with Gasteiger partial charge in [-0.25, -0.2) is 13.6 Å². The summed E-state index contributed by atoms with van der Waals surface area (Å²) in [6.45, 7) is 0. The van der Waals surface area contributed by atoms with E-state index in [4.69, 9.17) is 5.14 Å². The molecule has 5 nitrogen and oxygen atoms in total. The van der Waals surface area contributed by atoms with Gasteiger partial charge in [-0.1, -0.05) is 36.4 Å². The van der Waals surface area contributed by atoms with Gasteiger partial charge in [0.2, 0.25) is 15.9 Å². The lowest BCUT2D eigenvalue weighted by Gasteiger charge is -2.04. The Hall–Kier alpha value is -2.74. The summed E-state index contributed by atoms with van der Waals surface area (Å²) in [5, 5.41) is 7.71. The van der Waals surface area contributed by atoms with E-state index < -0.39 is 10.0 Å². The van der Waals surface area contributed by atoms with E-state index in [1.54, 1.807) is 23.5 Å². The number of amides is 1. The highest BCUT2D eigenvalue weighted by Gasteiger charge is 2.08. The Morgan fingerprint density at radius 3 is 2.50 bits per heavy atom. The molecule has 3 rings (SSSR count). The lowest BCUT2D eigenvalue weighted by molar-refractivity contribution is -0.111. The van der Waals surface area contributed by atoms with Crippen molar-refractivity contribution in [3.05, 3.63) is 77.7 Å². The molecule has 0 saturated carbocycles. The monoisotopic (exact) mass is 384 g/mol. The van der Waals surface area contributed by atoms with Gasteiger partial charge in [0.25, 0.3) is 0 Å². The number of carbonyl (C=O) groups excluding carboxylic acids is 1. The van der Waals surface area contributed by atoms with Crippen molar-refractivity contribution in [1.82, 2.24) is 0 Å². The number of hydrogen-bond acceptors (Lipinski definition) is 4. The van der Waals surface area contributed by atoms with Crippen LogP contribution in [0.25, 0.3) is 16.5 Å². The van der Waals surface area contributed by atoms with Crippen LogP contribution in [0, 0.1) is 0 Å². The number of benzene rings is 2. The number of rotatable bonds is 5. The van der Waals surface area contributed by atoms with Gasteiger partial charge >= 0.3 is 0 Å². The quantitative estimate of drug-likeness (QED) is 0.657. The molecule has 3 N–H and O–H groups in total. The number of nitrogens with one attached hydrogen (secondary N) is 1. The van der Waals surface area contributed by atoms with Crippen molar-refractivity contribution < 1.29 is 13.2 Å². The zero-order valence-electron chi connectivity index (χ0n) is 13.6. The molecule has 0 fully saturated rings. The van der Waals surface area contributed by atoms with Crippen molar-refractivity contribution in [1.29, 1.82) is 0 Å². The van der Waals surface area contributed by atoms with Gasteiger partial charge in [-0.3, -0.25) is 4.79 Å². The molecule has 1 amide bonds. The highest BCUT2D eigenvalue weighted by molar-refractivity contribution is 7.89. The fourth-order valence-electron chi connectivity index (χ4n) is 2.29. The molecule has 132 valence electrons. The number of hydrogen-bond donors (Lipinski definition) is 2. The van der Waals surface area contributed by atoms with Crippen LogP contribution >= 0.6 is 11.3 Å². The molecule has 1 aromatic heterocycles. The van der Waals surface area contributed by atoms with E-state index in [1.165, 1.54) is 24.3 Å². The molecule has 3 aromatic rings. The number of nitrogens with two attached hydrogens (primary N) is 1. The van der Waals surface area contributed by atoms with Crippen molar-refractivity contribution >= 4 is 39.0 Å². The molecule has 0 aliphatic heterocycles. The van der Waals surface area contributed by atoms with E-state index in [-0.39, 0.29) is 10.8 Å². The van der Waals surface area contributed by atoms with Crippen LogP contribution in [0.15, 0.2) is 77.7 Å². The number of primary sulfonamides is 1. The minimum Gasteiger partial charge on any atom is -0.322 e. The van der Waals surface area contributed by atoms with E-state index in [0.29, 0.717) is 5.69 Å². The number of anilines is 1. The first-order chi connectivity index (χ1) is 12.4. The Morgan fingerprint density at radius 1 is 1.00 bits per heavy atom. The highest BCUT2D eigenvalue weighted by Crippen LogP contribution is 2.28. The molecular formula is C19H16N2O3S2. The Labute approximate surface area is 155 Å². The first kappa shape index (κ1) is 18.1. The standard InChI is InChI=1S/C19H16N2O3S2/c20-26(23,24)17-8-4-7-15(13-17)21-19(22)12-10-16-9-11-18(25-16)14-5-2-1-3-6-14/h1-13H,(H,21,22)(H2,20,23,24)/b12-10+. The topological polar surface area (TPSA) is 89.3 Å². The van der Waals surface area contributed by atoms with Gasteiger partial charge in [-0.2, -0.15) is 0 Å². The lowest BCUT2D eigenvalue weighted by Crippen LogP contribution is -2.13. The number of thiophene rings is 1. The third-order valence-electron chi connectivity index (χ3n) is 3.51. The molecule has 0 saturated heterocycles. The predicted octanol–water partition coefficient (Wildman–Crippen LogP) is 3.71. The largest absolute Gasteiger partial charge is 0.322 e. The van der Waals surface area contributed by atoms with Crippen molar-refractivity contribution in [2.75, 3.05) is 5.32 Å². The van der Waals surface area contributed by atoms with E-state index in [2.05, 4.69) is 5.32 Å². The van der Waals surface area contributed by atoms with E-state index in [1.807, 2.05) is 42.5 Å². The molecule has 0 radical (unpaired) electrons. The number of sulfonamides is 1. The van der Waals surface area contributed by atoms with Gasteiger partial charge in [0.15, 0.2) is 0 Å². The van der Waals surface area contributed by atoms with Gasteiger partial charge < -0.3 is 5.32 Å². The fraction of sp³-hybridized carbons (Fsp3) is 0. The molecule has 0 spiro atoms. The SMILES string of the molecule is NS(=O)(=O)c1cccc(NC(=O)/C=C/c2ccc(-c3ccccc3)s2)c1. The second-order valence-corrected chi connectivity index (χ2v) is 8.14. The predicted molar refractivity (Wildman–Crippen MR) is 105 cm³/mol. The van der Waals surface area contributed by atoms with Crippen LogP contribution in [0.1, 0.15) is 4.88 Å². The summed E-state index contributed by atoms with van der Waals surface area (Å²) in [7, 11) is -3.81. The van der Waals surface area contributed by atoms with Gasteiger partial charge in [0.1, 0.15) is 0 Å². The smallest absolute Gasteiger partial charge is 0.248 e. The molecule has 0 unspecified atom stereocenters.